The molecule has 0 saturated carbocycles. The molecule has 0 aromatic carbocycles. The van der Waals surface area contributed by atoms with Gasteiger partial charge in [0.1, 0.15) is 0 Å². The van der Waals surface area contributed by atoms with E-state index in [9.17, 15) is 9.90 Å². The first-order chi connectivity index (χ1) is 19.2. The van der Waals surface area contributed by atoms with Crippen LogP contribution in [0.5, 0.6) is 0 Å². The fourth-order valence-corrected chi connectivity index (χ4v) is 5.36. The van der Waals surface area contributed by atoms with Crippen LogP contribution in [0.4, 0.5) is 0 Å². The molecule has 0 aliphatic carbocycles. The molecule has 5 heteroatoms. The van der Waals surface area contributed by atoms with Crippen molar-refractivity contribution in [3.63, 3.8) is 0 Å². The summed E-state index contributed by atoms with van der Waals surface area (Å²) in [6.45, 7) is 7.59. The fourth-order valence-electron chi connectivity index (χ4n) is 5.36. The SMILES string of the molecule is CCCCCCCCCCCCCCNCCC(=O)N(CCCCCCCCCCCCCC)CC(O)CN. The van der Waals surface area contributed by atoms with Gasteiger partial charge in [0.15, 0.2) is 0 Å². The molecule has 1 unspecified atom stereocenters. The van der Waals surface area contributed by atoms with Crippen molar-refractivity contribution in [3.05, 3.63) is 0 Å². The summed E-state index contributed by atoms with van der Waals surface area (Å²) in [5.41, 5.74) is 5.62. The number of hydrogen-bond acceptors (Lipinski definition) is 4. The van der Waals surface area contributed by atoms with E-state index in [1.807, 2.05) is 4.90 Å². The number of amides is 1. The summed E-state index contributed by atoms with van der Waals surface area (Å²) >= 11 is 0. The lowest BCUT2D eigenvalue weighted by Gasteiger charge is -2.25. The number of aliphatic hydroxyl groups excluding tert-OH is 1. The van der Waals surface area contributed by atoms with Gasteiger partial charge in [0.2, 0.25) is 5.91 Å². The van der Waals surface area contributed by atoms with E-state index in [4.69, 9.17) is 5.73 Å². The van der Waals surface area contributed by atoms with Gasteiger partial charge in [-0.05, 0) is 19.4 Å². The zero-order chi connectivity index (χ0) is 28.7. The standard InChI is InChI=1S/C34H71N3O2/c1-3-5-7-9-11-13-15-17-19-21-23-25-28-36-29-27-34(39)37(32-33(38)31-35)30-26-24-22-20-18-16-14-12-10-8-6-4-2/h33,36,38H,3-32,35H2,1-2H3. The van der Waals surface area contributed by atoms with Gasteiger partial charge >= 0.3 is 0 Å². The molecular formula is C34H71N3O2. The minimum Gasteiger partial charge on any atom is -0.390 e. The van der Waals surface area contributed by atoms with E-state index < -0.39 is 6.10 Å². The predicted octanol–water partition coefficient (Wildman–Crippen LogP) is 8.52. The fraction of sp³-hybridized carbons (Fsp3) is 0.971. The van der Waals surface area contributed by atoms with Crippen LogP contribution in [0.2, 0.25) is 0 Å². The second-order valence-corrected chi connectivity index (χ2v) is 12.0. The van der Waals surface area contributed by atoms with Crippen molar-refractivity contribution in [2.24, 2.45) is 5.73 Å². The van der Waals surface area contributed by atoms with Gasteiger partial charge in [-0.25, -0.2) is 0 Å². The Hall–Kier alpha value is -0.650. The molecule has 1 atom stereocenters. The molecule has 0 aliphatic rings. The Morgan fingerprint density at radius 3 is 1.41 bits per heavy atom. The Morgan fingerprint density at radius 2 is 1.00 bits per heavy atom. The summed E-state index contributed by atoms with van der Waals surface area (Å²) < 4.78 is 0. The Kier molecular flexibility index (Phi) is 31.3. The van der Waals surface area contributed by atoms with Crippen molar-refractivity contribution < 1.29 is 9.90 Å². The number of nitrogens with one attached hydrogen (secondary N) is 1. The van der Waals surface area contributed by atoms with Crippen molar-refractivity contribution in [2.75, 3.05) is 32.7 Å². The highest BCUT2D eigenvalue weighted by molar-refractivity contribution is 5.76. The van der Waals surface area contributed by atoms with Crippen LogP contribution in [0, 0.1) is 0 Å². The lowest BCUT2D eigenvalue weighted by molar-refractivity contribution is -0.132. The number of rotatable bonds is 32. The molecule has 0 rings (SSSR count). The number of hydrogen-bond donors (Lipinski definition) is 3. The monoisotopic (exact) mass is 554 g/mol. The Bertz CT molecular complexity index is 489. The van der Waals surface area contributed by atoms with Crippen molar-refractivity contribution in [3.8, 4) is 0 Å². The highest BCUT2D eigenvalue weighted by Gasteiger charge is 2.16. The number of aliphatic hydroxyl groups is 1. The second kappa shape index (κ2) is 31.9. The van der Waals surface area contributed by atoms with E-state index in [0.717, 1.165) is 32.5 Å². The topological polar surface area (TPSA) is 78.6 Å². The first kappa shape index (κ1) is 38.4. The third-order valence-electron chi connectivity index (χ3n) is 8.06. The minimum atomic E-state index is -0.625. The summed E-state index contributed by atoms with van der Waals surface area (Å²) in [4.78, 5) is 14.6. The van der Waals surface area contributed by atoms with Gasteiger partial charge < -0.3 is 21.1 Å². The maximum absolute atomic E-state index is 12.8. The van der Waals surface area contributed by atoms with Crippen molar-refractivity contribution in [2.45, 2.75) is 180 Å². The smallest absolute Gasteiger partial charge is 0.223 e. The molecule has 0 aromatic rings. The van der Waals surface area contributed by atoms with E-state index in [1.165, 1.54) is 141 Å². The van der Waals surface area contributed by atoms with E-state index in [2.05, 4.69) is 19.2 Å². The van der Waals surface area contributed by atoms with Crippen LogP contribution >= 0.6 is 0 Å². The van der Waals surface area contributed by atoms with E-state index in [1.54, 1.807) is 0 Å². The molecule has 234 valence electrons. The van der Waals surface area contributed by atoms with Crippen LogP contribution < -0.4 is 11.1 Å². The summed E-state index contributed by atoms with van der Waals surface area (Å²) in [6.07, 6.45) is 32.0. The number of unbranched alkanes of at least 4 members (excludes halogenated alkanes) is 22. The van der Waals surface area contributed by atoms with Gasteiger partial charge in [0.25, 0.3) is 0 Å². The molecule has 0 fully saturated rings. The van der Waals surface area contributed by atoms with E-state index in [-0.39, 0.29) is 12.5 Å². The number of carbonyl (C=O) groups excluding carboxylic acids is 1. The molecule has 39 heavy (non-hydrogen) atoms. The average Bonchev–Trinajstić information content (AvgIpc) is 2.94. The molecule has 0 bridgehead atoms. The molecule has 0 aromatic heterocycles. The molecule has 0 spiro atoms. The quantitative estimate of drug-likeness (QED) is 0.0729. The third-order valence-corrected chi connectivity index (χ3v) is 8.06. The largest absolute Gasteiger partial charge is 0.390 e. The Balaban J connectivity index is 3.73. The lowest BCUT2D eigenvalue weighted by atomic mass is 10.1. The second-order valence-electron chi connectivity index (χ2n) is 12.0. The van der Waals surface area contributed by atoms with Gasteiger partial charge in [-0.2, -0.15) is 0 Å². The summed E-state index contributed by atoms with van der Waals surface area (Å²) in [5, 5.41) is 13.5. The molecule has 1 amide bonds. The van der Waals surface area contributed by atoms with Crippen molar-refractivity contribution in [1.29, 1.82) is 0 Å². The number of nitrogens with two attached hydrogens (primary N) is 1. The van der Waals surface area contributed by atoms with Gasteiger partial charge in [0.05, 0.1) is 6.10 Å². The van der Waals surface area contributed by atoms with Crippen molar-refractivity contribution >= 4 is 5.91 Å². The number of nitrogens with zero attached hydrogens (tertiary/aromatic N) is 1. The lowest BCUT2D eigenvalue weighted by Crippen LogP contribution is -2.41. The van der Waals surface area contributed by atoms with E-state index >= 15 is 0 Å². The highest BCUT2D eigenvalue weighted by atomic mass is 16.3. The van der Waals surface area contributed by atoms with Crippen molar-refractivity contribution in [1.82, 2.24) is 10.2 Å². The molecule has 0 aliphatic heterocycles. The maximum Gasteiger partial charge on any atom is 0.223 e. The first-order valence-corrected chi connectivity index (χ1v) is 17.5. The van der Waals surface area contributed by atoms with Crippen LogP contribution in [-0.2, 0) is 4.79 Å². The zero-order valence-electron chi connectivity index (χ0n) is 26.7. The van der Waals surface area contributed by atoms with Crippen LogP contribution in [0.25, 0.3) is 0 Å². The molecule has 0 heterocycles. The van der Waals surface area contributed by atoms with Crippen LogP contribution in [0.1, 0.15) is 174 Å². The average molecular weight is 554 g/mol. The van der Waals surface area contributed by atoms with Gasteiger partial charge in [0, 0.05) is 32.6 Å². The zero-order valence-corrected chi connectivity index (χ0v) is 26.7. The maximum atomic E-state index is 12.8. The van der Waals surface area contributed by atoms with Crippen LogP contribution in [-0.4, -0.2) is 54.7 Å². The third kappa shape index (κ3) is 28.7. The summed E-state index contributed by atoms with van der Waals surface area (Å²) in [7, 11) is 0. The molecular weight excluding hydrogens is 482 g/mol. The van der Waals surface area contributed by atoms with Crippen LogP contribution in [0.3, 0.4) is 0 Å². The number of carbonyl (C=O) groups is 1. The Morgan fingerprint density at radius 1 is 0.615 bits per heavy atom. The van der Waals surface area contributed by atoms with E-state index in [0.29, 0.717) is 13.0 Å². The van der Waals surface area contributed by atoms with Gasteiger partial charge in [-0.1, -0.05) is 155 Å². The predicted molar refractivity (Wildman–Crippen MR) is 171 cm³/mol. The normalized spacial score (nSPS) is 12.2. The first-order valence-electron chi connectivity index (χ1n) is 17.5. The minimum absolute atomic E-state index is 0.146. The molecule has 5 nitrogen and oxygen atoms in total. The molecule has 0 radical (unpaired) electrons. The summed E-state index contributed by atoms with van der Waals surface area (Å²) in [5.74, 6) is 0.146. The highest BCUT2D eigenvalue weighted by Crippen LogP contribution is 2.13. The molecule has 4 N–H and O–H groups in total. The van der Waals surface area contributed by atoms with Crippen LogP contribution in [0.15, 0.2) is 0 Å². The summed E-state index contributed by atoms with van der Waals surface area (Å²) in [6, 6.07) is 0. The molecule has 0 saturated heterocycles. The Labute approximate surface area is 244 Å². The van der Waals surface area contributed by atoms with Gasteiger partial charge in [-0.15, -0.1) is 0 Å². The van der Waals surface area contributed by atoms with Gasteiger partial charge in [-0.3, -0.25) is 4.79 Å².